The quantitative estimate of drug-likeness (QED) is 0.798. The van der Waals surface area contributed by atoms with E-state index in [0.29, 0.717) is 35.0 Å². The third kappa shape index (κ3) is 1.91. The maximum Gasteiger partial charge on any atom is 0.342 e. The molecule has 90 valence electrons. The van der Waals surface area contributed by atoms with Crippen LogP contribution in [0.3, 0.4) is 0 Å². The zero-order valence-electron chi connectivity index (χ0n) is 9.74. The fourth-order valence-electron chi connectivity index (χ4n) is 1.73. The minimum absolute atomic E-state index is 0.318. The van der Waals surface area contributed by atoms with Crippen LogP contribution in [0.4, 0.5) is 5.69 Å². The van der Waals surface area contributed by atoms with E-state index in [9.17, 15) is 4.79 Å². The zero-order chi connectivity index (χ0) is 12.4. The molecule has 5 heteroatoms. The molecular weight excluding hydrogens is 220 g/mol. The number of anilines is 1. The van der Waals surface area contributed by atoms with E-state index in [1.165, 1.54) is 0 Å². The molecule has 0 aliphatic carbocycles. The first-order valence-electron chi connectivity index (χ1n) is 5.34. The summed E-state index contributed by atoms with van der Waals surface area (Å²) in [4.78, 5) is 14.8. The van der Waals surface area contributed by atoms with E-state index in [1.54, 1.807) is 32.2 Å². The fourth-order valence-corrected chi connectivity index (χ4v) is 1.73. The molecule has 0 unspecified atom stereocenters. The predicted octanol–water partition coefficient (Wildman–Crippen LogP) is 2.34. The fraction of sp³-hybridized carbons (Fsp3) is 0.250. The number of H-pyrrole nitrogens is 1. The highest BCUT2D eigenvalue weighted by Gasteiger charge is 2.21. The Labute approximate surface area is 98.6 Å². The number of carbonyl (C=O) groups excluding carboxylic acids is 1. The Morgan fingerprint density at radius 1 is 1.59 bits per heavy atom. The number of aryl methyl sites for hydroxylation is 1. The van der Waals surface area contributed by atoms with Gasteiger partial charge in [-0.3, -0.25) is 0 Å². The van der Waals surface area contributed by atoms with Gasteiger partial charge >= 0.3 is 5.97 Å². The molecule has 0 bridgehead atoms. The van der Waals surface area contributed by atoms with Crippen LogP contribution in [0.5, 0.6) is 0 Å². The average Bonchev–Trinajstić information content (AvgIpc) is 2.87. The van der Waals surface area contributed by atoms with Gasteiger partial charge in [0, 0.05) is 5.69 Å². The monoisotopic (exact) mass is 234 g/mol. The van der Waals surface area contributed by atoms with Crippen molar-refractivity contribution in [2.24, 2.45) is 0 Å². The van der Waals surface area contributed by atoms with Crippen molar-refractivity contribution in [1.29, 1.82) is 0 Å². The highest BCUT2D eigenvalue weighted by molar-refractivity contribution is 6.00. The van der Waals surface area contributed by atoms with E-state index in [0.717, 1.165) is 0 Å². The van der Waals surface area contributed by atoms with Gasteiger partial charge < -0.3 is 19.9 Å². The van der Waals surface area contributed by atoms with Crippen LogP contribution in [0.15, 0.2) is 22.8 Å². The van der Waals surface area contributed by atoms with Gasteiger partial charge in [-0.2, -0.15) is 0 Å². The second-order valence-electron chi connectivity index (χ2n) is 3.61. The summed E-state index contributed by atoms with van der Waals surface area (Å²) >= 11 is 0. The SMILES string of the molecule is CCOC(=O)c1c(C)[nH]c(-c2ccco2)c1N. The largest absolute Gasteiger partial charge is 0.463 e. The van der Waals surface area contributed by atoms with Gasteiger partial charge in [0.1, 0.15) is 11.3 Å². The lowest BCUT2D eigenvalue weighted by Gasteiger charge is -2.01. The number of nitrogens with two attached hydrogens (primary N) is 1. The Morgan fingerprint density at radius 3 is 2.94 bits per heavy atom. The van der Waals surface area contributed by atoms with E-state index in [-0.39, 0.29) is 0 Å². The molecule has 3 N–H and O–H groups in total. The molecule has 0 aromatic carbocycles. The number of nitrogens with one attached hydrogen (secondary N) is 1. The van der Waals surface area contributed by atoms with Crippen LogP contribution in [-0.4, -0.2) is 17.6 Å². The van der Waals surface area contributed by atoms with E-state index in [1.807, 2.05) is 0 Å². The van der Waals surface area contributed by atoms with E-state index in [4.69, 9.17) is 14.9 Å². The van der Waals surface area contributed by atoms with Gasteiger partial charge in [-0.05, 0) is 26.0 Å². The Morgan fingerprint density at radius 2 is 2.35 bits per heavy atom. The molecule has 17 heavy (non-hydrogen) atoms. The van der Waals surface area contributed by atoms with Crippen molar-refractivity contribution >= 4 is 11.7 Å². The first-order valence-corrected chi connectivity index (χ1v) is 5.34. The number of furan rings is 1. The van der Waals surface area contributed by atoms with Crippen LogP contribution >= 0.6 is 0 Å². The number of hydrogen-bond acceptors (Lipinski definition) is 4. The third-order valence-electron chi connectivity index (χ3n) is 2.47. The van der Waals surface area contributed by atoms with Crippen LogP contribution in [0.1, 0.15) is 23.0 Å². The van der Waals surface area contributed by atoms with Crippen molar-refractivity contribution in [1.82, 2.24) is 4.98 Å². The third-order valence-corrected chi connectivity index (χ3v) is 2.47. The zero-order valence-corrected chi connectivity index (χ0v) is 9.74. The number of aromatic nitrogens is 1. The summed E-state index contributed by atoms with van der Waals surface area (Å²) in [6.45, 7) is 3.84. The number of ether oxygens (including phenoxy) is 1. The minimum Gasteiger partial charge on any atom is -0.463 e. The van der Waals surface area contributed by atoms with Crippen LogP contribution in [0.2, 0.25) is 0 Å². The molecule has 0 spiro atoms. The molecule has 2 heterocycles. The second-order valence-corrected chi connectivity index (χ2v) is 3.61. The van der Waals surface area contributed by atoms with Crippen LogP contribution in [-0.2, 0) is 4.74 Å². The molecule has 0 aliphatic rings. The molecule has 0 atom stereocenters. The number of aromatic amines is 1. The molecule has 0 aliphatic heterocycles. The van der Waals surface area contributed by atoms with Crippen molar-refractivity contribution in [3.8, 4) is 11.5 Å². The summed E-state index contributed by atoms with van der Waals surface area (Å²) < 4.78 is 10.2. The van der Waals surface area contributed by atoms with Gasteiger partial charge in [0.05, 0.1) is 18.6 Å². The lowest BCUT2D eigenvalue weighted by Crippen LogP contribution is -2.07. The molecule has 0 fully saturated rings. The summed E-state index contributed by atoms with van der Waals surface area (Å²) in [6.07, 6.45) is 1.55. The standard InChI is InChI=1S/C12H14N2O3/c1-3-16-12(15)9-7(2)14-11(10(9)13)8-5-4-6-17-8/h4-6,14H,3,13H2,1-2H3. The van der Waals surface area contributed by atoms with E-state index < -0.39 is 5.97 Å². The Balaban J connectivity index is 2.46. The molecule has 0 saturated carbocycles. The summed E-state index contributed by atoms with van der Waals surface area (Å²) in [6, 6.07) is 3.53. The van der Waals surface area contributed by atoms with Gasteiger partial charge in [0.15, 0.2) is 5.76 Å². The Hall–Kier alpha value is -2.17. The van der Waals surface area contributed by atoms with Crippen molar-refractivity contribution in [2.75, 3.05) is 12.3 Å². The first-order chi connectivity index (χ1) is 8.15. The average molecular weight is 234 g/mol. The van der Waals surface area contributed by atoms with Crippen molar-refractivity contribution in [3.05, 3.63) is 29.7 Å². The smallest absolute Gasteiger partial charge is 0.342 e. The van der Waals surface area contributed by atoms with Crippen molar-refractivity contribution < 1.29 is 13.9 Å². The molecule has 0 radical (unpaired) electrons. The lowest BCUT2D eigenvalue weighted by atomic mass is 10.2. The Bertz CT molecular complexity index is 526. The highest BCUT2D eigenvalue weighted by atomic mass is 16.5. The second kappa shape index (κ2) is 4.37. The number of esters is 1. The number of carbonyl (C=O) groups is 1. The molecule has 2 aromatic rings. The molecule has 0 amide bonds. The lowest BCUT2D eigenvalue weighted by molar-refractivity contribution is 0.0527. The van der Waals surface area contributed by atoms with Crippen LogP contribution < -0.4 is 5.73 Å². The first kappa shape index (κ1) is 11.3. The minimum atomic E-state index is -0.420. The normalized spacial score (nSPS) is 10.5. The molecule has 5 nitrogen and oxygen atoms in total. The molecule has 2 aromatic heterocycles. The summed E-state index contributed by atoms with van der Waals surface area (Å²) in [5, 5.41) is 0. The number of rotatable bonds is 3. The molecular formula is C12H14N2O3. The number of nitrogen functional groups attached to an aromatic ring is 1. The van der Waals surface area contributed by atoms with Gasteiger partial charge in [0.25, 0.3) is 0 Å². The van der Waals surface area contributed by atoms with E-state index >= 15 is 0 Å². The van der Waals surface area contributed by atoms with Crippen molar-refractivity contribution in [3.63, 3.8) is 0 Å². The van der Waals surface area contributed by atoms with Crippen LogP contribution in [0, 0.1) is 6.92 Å². The highest BCUT2D eigenvalue weighted by Crippen LogP contribution is 2.31. The van der Waals surface area contributed by atoms with Gasteiger partial charge in [-0.25, -0.2) is 4.79 Å². The maximum absolute atomic E-state index is 11.7. The summed E-state index contributed by atoms with van der Waals surface area (Å²) in [7, 11) is 0. The summed E-state index contributed by atoms with van der Waals surface area (Å²) in [5.74, 6) is 0.178. The summed E-state index contributed by atoms with van der Waals surface area (Å²) in [5.41, 5.74) is 7.95. The van der Waals surface area contributed by atoms with Crippen LogP contribution in [0.25, 0.3) is 11.5 Å². The van der Waals surface area contributed by atoms with Gasteiger partial charge in [-0.1, -0.05) is 0 Å². The molecule has 0 saturated heterocycles. The van der Waals surface area contributed by atoms with Crippen molar-refractivity contribution in [2.45, 2.75) is 13.8 Å². The number of hydrogen-bond donors (Lipinski definition) is 2. The van der Waals surface area contributed by atoms with Gasteiger partial charge in [-0.15, -0.1) is 0 Å². The maximum atomic E-state index is 11.7. The van der Waals surface area contributed by atoms with Gasteiger partial charge in [0.2, 0.25) is 0 Å². The topological polar surface area (TPSA) is 81.2 Å². The Kier molecular flexibility index (Phi) is 2.91. The predicted molar refractivity (Wildman–Crippen MR) is 63.6 cm³/mol. The van der Waals surface area contributed by atoms with E-state index in [2.05, 4.69) is 4.98 Å². The molecule has 2 rings (SSSR count).